The van der Waals surface area contributed by atoms with E-state index >= 15 is 0 Å². The first-order valence-electron chi connectivity index (χ1n) is 6.71. The highest BCUT2D eigenvalue weighted by Crippen LogP contribution is 2.13. The molecule has 8 nitrogen and oxygen atoms in total. The molecule has 0 aromatic rings. The van der Waals surface area contributed by atoms with E-state index in [1.54, 1.807) is 41.5 Å². The Morgan fingerprint density at radius 3 is 1.36 bits per heavy atom. The van der Waals surface area contributed by atoms with Crippen LogP contribution < -0.4 is 0 Å². The number of carbonyl (C=O) groups excluding carboxylic acids is 2. The van der Waals surface area contributed by atoms with Gasteiger partial charge in [0.15, 0.2) is 11.2 Å². The van der Waals surface area contributed by atoms with Gasteiger partial charge in [0.1, 0.15) is 0 Å². The summed E-state index contributed by atoms with van der Waals surface area (Å²) < 4.78 is 9.08. The van der Waals surface area contributed by atoms with Gasteiger partial charge < -0.3 is 9.47 Å². The Kier molecular flexibility index (Phi) is 8.30. The zero-order valence-corrected chi connectivity index (χ0v) is 13.7. The SMILES string of the molecule is CCOC(=O)OOC(C)(C)C#CC(C)(C)OOC(=O)OCC. The van der Waals surface area contributed by atoms with Crippen LogP contribution in [0.15, 0.2) is 0 Å². The van der Waals surface area contributed by atoms with Crippen LogP contribution in [0.25, 0.3) is 0 Å². The van der Waals surface area contributed by atoms with Gasteiger partial charge >= 0.3 is 12.3 Å². The van der Waals surface area contributed by atoms with Crippen LogP contribution in [0, 0.1) is 11.8 Å². The highest BCUT2D eigenvalue weighted by atomic mass is 17.2. The molecule has 0 N–H and O–H groups in total. The Morgan fingerprint density at radius 1 is 0.773 bits per heavy atom. The van der Waals surface area contributed by atoms with Gasteiger partial charge in [-0.25, -0.2) is 9.59 Å². The van der Waals surface area contributed by atoms with Crippen LogP contribution in [0.4, 0.5) is 9.59 Å². The van der Waals surface area contributed by atoms with Crippen LogP contribution in [0.2, 0.25) is 0 Å². The van der Waals surface area contributed by atoms with Crippen molar-refractivity contribution in [1.82, 2.24) is 0 Å². The normalized spacial score (nSPS) is 11.0. The average molecular weight is 318 g/mol. The van der Waals surface area contributed by atoms with Gasteiger partial charge in [-0.05, 0) is 41.5 Å². The maximum absolute atomic E-state index is 11.0. The smallest absolute Gasteiger partial charge is 0.433 e. The Labute approximate surface area is 129 Å². The lowest BCUT2D eigenvalue weighted by Gasteiger charge is -2.19. The first-order chi connectivity index (χ1) is 10.1. The monoisotopic (exact) mass is 318 g/mol. The molecule has 0 bridgehead atoms. The zero-order valence-electron chi connectivity index (χ0n) is 13.7. The molecule has 8 heteroatoms. The lowest BCUT2D eigenvalue weighted by atomic mass is 10.1. The lowest BCUT2D eigenvalue weighted by Crippen LogP contribution is -2.28. The molecular weight excluding hydrogens is 296 g/mol. The second kappa shape index (κ2) is 9.12. The molecule has 0 saturated carbocycles. The second-order valence-electron chi connectivity index (χ2n) is 4.97. The Balaban J connectivity index is 4.47. The molecule has 0 heterocycles. The predicted molar refractivity (Wildman–Crippen MR) is 74.3 cm³/mol. The van der Waals surface area contributed by atoms with Crippen molar-refractivity contribution >= 4 is 12.3 Å². The maximum atomic E-state index is 11.0. The molecule has 22 heavy (non-hydrogen) atoms. The fraction of sp³-hybridized carbons (Fsp3) is 0.714. The van der Waals surface area contributed by atoms with Crippen LogP contribution in [-0.2, 0) is 29.0 Å². The highest BCUT2D eigenvalue weighted by molar-refractivity contribution is 5.59. The summed E-state index contributed by atoms with van der Waals surface area (Å²) >= 11 is 0. The van der Waals surface area contributed by atoms with Crippen LogP contribution in [-0.4, -0.2) is 36.7 Å². The van der Waals surface area contributed by atoms with E-state index in [4.69, 9.17) is 9.78 Å². The molecule has 0 spiro atoms. The van der Waals surface area contributed by atoms with Crippen molar-refractivity contribution in [1.29, 1.82) is 0 Å². The van der Waals surface area contributed by atoms with E-state index in [2.05, 4.69) is 31.1 Å². The number of rotatable bonds is 6. The highest BCUT2D eigenvalue weighted by Gasteiger charge is 2.24. The van der Waals surface area contributed by atoms with Gasteiger partial charge in [0, 0.05) is 0 Å². The zero-order chi connectivity index (χ0) is 17.2. The molecular formula is C14H22O8. The van der Waals surface area contributed by atoms with Gasteiger partial charge in [-0.1, -0.05) is 11.8 Å². The van der Waals surface area contributed by atoms with Crippen molar-refractivity contribution in [2.45, 2.75) is 52.7 Å². The summed E-state index contributed by atoms with van der Waals surface area (Å²) in [4.78, 5) is 40.6. The third-order valence-corrected chi connectivity index (χ3v) is 1.83. The van der Waals surface area contributed by atoms with Gasteiger partial charge in [-0.3, -0.25) is 9.78 Å². The predicted octanol–water partition coefficient (Wildman–Crippen LogP) is 2.76. The summed E-state index contributed by atoms with van der Waals surface area (Å²) in [6.45, 7) is 9.89. The third-order valence-electron chi connectivity index (χ3n) is 1.83. The van der Waals surface area contributed by atoms with Gasteiger partial charge in [-0.2, -0.15) is 9.78 Å². The largest absolute Gasteiger partial charge is 0.540 e. The molecule has 0 rings (SSSR count). The summed E-state index contributed by atoms with van der Waals surface area (Å²) in [5, 5.41) is 0. The third kappa shape index (κ3) is 9.85. The van der Waals surface area contributed by atoms with Crippen LogP contribution in [0.3, 0.4) is 0 Å². The maximum Gasteiger partial charge on any atom is 0.540 e. The second-order valence-corrected chi connectivity index (χ2v) is 4.97. The minimum Gasteiger partial charge on any atom is -0.433 e. The van der Waals surface area contributed by atoms with E-state index in [-0.39, 0.29) is 13.2 Å². The topological polar surface area (TPSA) is 89.5 Å². The molecule has 0 saturated heterocycles. The molecule has 0 radical (unpaired) electrons. The Hall–Kier alpha value is -1.98. The lowest BCUT2D eigenvalue weighted by molar-refractivity contribution is -0.303. The van der Waals surface area contributed by atoms with E-state index in [0.29, 0.717) is 0 Å². The fourth-order valence-electron chi connectivity index (χ4n) is 0.903. The van der Waals surface area contributed by atoms with Crippen LogP contribution >= 0.6 is 0 Å². The van der Waals surface area contributed by atoms with E-state index in [9.17, 15) is 9.59 Å². The number of ether oxygens (including phenoxy) is 2. The van der Waals surface area contributed by atoms with Crippen LogP contribution in [0.1, 0.15) is 41.5 Å². The fourth-order valence-corrected chi connectivity index (χ4v) is 0.903. The van der Waals surface area contributed by atoms with E-state index in [1.165, 1.54) is 0 Å². The van der Waals surface area contributed by atoms with Crippen molar-refractivity contribution in [2.75, 3.05) is 13.2 Å². The molecule has 0 aliphatic carbocycles. The molecule has 126 valence electrons. The van der Waals surface area contributed by atoms with Gasteiger partial charge in [0.2, 0.25) is 0 Å². The molecule has 0 aromatic carbocycles. The number of hydrogen-bond donors (Lipinski definition) is 0. The van der Waals surface area contributed by atoms with Crippen molar-refractivity contribution in [2.24, 2.45) is 0 Å². The summed E-state index contributed by atoms with van der Waals surface area (Å²) in [7, 11) is 0. The Bertz CT molecular complexity index is 392. The van der Waals surface area contributed by atoms with Gasteiger partial charge in [-0.15, -0.1) is 0 Å². The van der Waals surface area contributed by atoms with E-state index < -0.39 is 23.5 Å². The molecule has 0 fully saturated rings. The molecule has 0 aromatic heterocycles. The minimum absolute atomic E-state index is 0.167. The number of carbonyl (C=O) groups is 2. The minimum atomic E-state index is -1.11. The first-order valence-corrected chi connectivity index (χ1v) is 6.71. The van der Waals surface area contributed by atoms with E-state index in [0.717, 1.165) is 0 Å². The van der Waals surface area contributed by atoms with Crippen molar-refractivity contribution in [3.05, 3.63) is 0 Å². The summed E-state index contributed by atoms with van der Waals surface area (Å²) in [6.07, 6.45) is -1.92. The average Bonchev–Trinajstić information content (AvgIpc) is 2.42. The molecule has 0 amide bonds. The van der Waals surface area contributed by atoms with E-state index in [1.807, 2.05) is 0 Å². The summed E-state index contributed by atoms with van der Waals surface area (Å²) in [5.41, 5.74) is -2.23. The van der Waals surface area contributed by atoms with Crippen molar-refractivity contribution in [3.63, 3.8) is 0 Å². The summed E-state index contributed by atoms with van der Waals surface area (Å²) in [5.74, 6) is 5.38. The van der Waals surface area contributed by atoms with Crippen LogP contribution in [0.5, 0.6) is 0 Å². The number of hydrogen-bond acceptors (Lipinski definition) is 8. The van der Waals surface area contributed by atoms with Gasteiger partial charge in [0.05, 0.1) is 13.2 Å². The van der Waals surface area contributed by atoms with Gasteiger partial charge in [0.25, 0.3) is 0 Å². The quantitative estimate of drug-likeness (QED) is 0.319. The standard InChI is InChI=1S/C14H22O8/c1-7-17-11(15)19-21-13(3,4)9-10-14(5,6)22-20-12(16)18-8-2/h7-8H2,1-6H3. The summed E-state index contributed by atoms with van der Waals surface area (Å²) in [6, 6.07) is 0. The molecule has 0 unspecified atom stereocenters. The molecule has 0 atom stereocenters. The molecule has 0 aliphatic heterocycles. The molecule has 0 aliphatic rings. The Morgan fingerprint density at radius 2 is 1.09 bits per heavy atom. The first kappa shape index (κ1) is 20.0. The van der Waals surface area contributed by atoms with Crippen molar-refractivity contribution < 1.29 is 38.6 Å². The van der Waals surface area contributed by atoms with Crippen molar-refractivity contribution in [3.8, 4) is 11.8 Å².